The highest BCUT2D eigenvalue weighted by Crippen LogP contribution is 2.24. The Kier molecular flexibility index (Phi) is 5.67. The normalized spacial score (nSPS) is 11.6. The van der Waals surface area contributed by atoms with Crippen molar-refractivity contribution in [2.45, 2.75) is 13.0 Å². The number of esters is 1. The van der Waals surface area contributed by atoms with Gasteiger partial charge in [-0.2, -0.15) is 5.10 Å². The number of hydrogen-bond acceptors (Lipinski definition) is 6. The standard InChI is InChI=1S/C22H18N4O3S/c1-15(20(27)25-22-24-19(14-30-22)16-8-4-2-5-9-16)29-21(28)17-12-23-26(13-17)18-10-6-3-7-11-18/h2-15H,1H3,(H,24,25,27). The van der Waals surface area contributed by atoms with Crippen LogP contribution < -0.4 is 5.32 Å². The van der Waals surface area contributed by atoms with Crippen molar-refractivity contribution >= 4 is 28.3 Å². The molecule has 1 N–H and O–H groups in total. The van der Waals surface area contributed by atoms with Crippen LogP contribution in [-0.4, -0.2) is 32.7 Å². The highest BCUT2D eigenvalue weighted by Gasteiger charge is 2.21. The van der Waals surface area contributed by atoms with Crippen LogP contribution in [0.15, 0.2) is 78.4 Å². The van der Waals surface area contributed by atoms with Crippen molar-refractivity contribution in [2.75, 3.05) is 5.32 Å². The topological polar surface area (TPSA) is 86.1 Å². The van der Waals surface area contributed by atoms with Gasteiger partial charge in [-0.15, -0.1) is 11.3 Å². The smallest absolute Gasteiger partial charge is 0.342 e. The van der Waals surface area contributed by atoms with Crippen molar-refractivity contribution in [2.24, 2.45) is 0 Å². The third kappa shape index (κ3) is 4.44. The summed E-state index contributed by atoms with van der Waals surface area (Å²) in [6.07, 6.45) is 1.99. The lowest BCUT2D eigenvalue weighted by Gasteiger charge is -2.11. The van der Waals surface area contributed by atoms with Gasteiger partial charge in [0.15, 0.2) is 11.2 Å². The van der Waals surface area contributed by atoms with Crippen LogP contribution in [0.1, 0.15) is 17.3 Å². The monoisotopic (exact) mass is 418 g/mol. The molecule has 1 atom stereocenters. The first-order valence-corrected chi connectivity index (χ1v) is 10.1. The van der Waals surface area contributed by atoms with Gasteiger partial charge in [0, 0.05) is 17.1 Å². The Bertz CT molecular complexity index is 1160. The first-order chi connectivity index (χ1) is 14.6. The number of rotatable bonds is 6. The predicted octanol–water partition coefficient (Wildman–Crippen LogP) is 4.18. The summed E-state index contributed by atoms with van der Waals surface area (Å²) in [5, 5.41) is 9.16. The molecule has 0 aliphatic rings. The van der Waals surface area contributed by atoms with Crippen molar-refractivity contribution in [3.8, 4) is 16.9 Å². The Morgan fingerprint density at radius 2 is 1.77 bits per heavy atom. The first kappa shape index (κ1) is 19.5. The minimum Gasteiger partial charge on any atom is -0.449 e. The highest BCUT2D eigenvalue weighted by molar-refractivity contribution is 7.14. The molecule has 2 heterocycles. The van der Waals surface area contributed by atoms with Gasteiger partial charge in [0.2, 0.25) is 0 Å². The summed E-state index contributed by atoms with van der Waals surface area (Å²) >= 11 is 1.31. The summed E-state index contributed by atoms with van der Waals surface area (Å²) in [5.41, 5.74) is 2.82. The van der Waals surface area contributed by atoms with Crippen LogP contribution in [-0.2, 0) is 9.53 Å². The molecule has 8 heteroatoms. The second kappa shape index (κ2) is 8.71. The molecule has 2 aromatic heterocycles. The van der Waals surface area contributed by atoms with Gasteiger partial charge in [0.1, 0.15) is 0 Å². The van der Waals surface area contributed by atoms with Gasteiger partial charge in [0.05, 0.1) is 23.1 Å². The van der Waals surface area contributed by atoms with Crippen LogP contribution in [0.4, 0.5) is 5.13 Å². The van der Waals surface area contributed by atoms with Crippen LogP contribution in [0.3, 0.4) is 0 Å². The number of carbonyl (C=O) groups is 2. The number of benzene rings is 2. The van der Waals surface area contributed by atoms with Crippen molar-refractivity contribution in [1.29, 1.82) is 0 Å². The fraction of sp³-hybridized carbons (Fsp3) is 0.0909. The number of hydrogen-bond donors (Lipinski definition) is 1. The number of nitrogens with zero attached hydrogens (tertiary/aromatic N) is 3. The van der Waals surface area contributed by atoms with Crippen molar-refractivity contribution in [3.05, 3.63) is 84.0 Å². The quantitative estimate of drug-likeness (QED) is 0.475. The van der Waals surface area contributed by atoms with E-state index in [-0.39, 0.29) is 5.56 Å². The van der Waals surface area contributed by atoms with Crippen molar-refractivity contribution < 1.29 is 14.3 Å². The summed E-state index contributed by atoms with van der Waals surface area (Å²) < 4.78 is 6.86. The Morgan fingerprint density at radius 3 is 2.50 bits per heavy atom. The number of amides is 1. The average molecular weight is 418 g/mol. The maximum absolute atomic E-state index is 12.4. The van der Waals surface area contributed by atoms with E-state index in [9.17, 15) is 9.59 Å². The molecule has 0 radical (unpaired) electrons. The van der Waals surface area contributed by atoms with E-state index >= 15 is 0 Å². The van der Waals surface area contributed by atoms with Crippen LogP contribution >= 0.6 is 11.3 Å². The molecule has 0 fully saturated rings. The molecule has 0 aliphatic carbocycles. The van der Waals surface area contributed by atoms with Gasteiger partial charge < -0.3 is 4.74 Å². The van der Waals surface area contributed by atoms with E-state index in [1.54, 1.807) is 10.9 Å². The maximum atomic E-state index is 12.4. The predicted molar refractivity (Wildman–Crippen MR) is 115 cm³/mol. The molecule has 4 rings (SSSR count). The van der Waals surface area contributed by atoms with Crippen LogP contribution in [0.2, 0.25) is 0 Å². The number of nitrogens with one attached hydrogen (secondary N) is 1. The fourth-order valence-electron chi connectivity index (χ4n) is 2.71. The molecule has 0 aliphatic heterocycles. The Morgan fingerprint density at radius 1 is 1.07 bits per heavy atom. The van der Waals surface area contributed by atoms with Gasteiger partial charge in [0.25, 0.3) is 5.91 Å². The Balaban J connectivity index is 1.36. The minimum absolute atomic E-state index is 0.263. The van der Waals surface area contributed by atoms with E-state index < -0.39 is 18.0 Å². The van der Waals surface area contributed by atoms with Crippen LogP contribution in [0.25, 0.3) is 16.9 Å². The summed E-state index contributed by atoms with van der Waals surface area (Å²) in [4.78, 5) is 29.2. The largest absolute Gasteiger partial charge is 0.449 e. The molecule has 7 nitrogen and oxygen atoms in total. The molecule has 2 aromatic carbocycles. The van der Waals surface area contributed by atoms with E-state index in [0.717, 1.165) is 16.9 Å². The molecular weight excluding hydrogens is 400 g/mol. The molecule has 0 saturated heterocycles. The van der Waals surface area contributed by atoms with Gasteiger partial charge in [-0.25, -0.2) is 14.5 Å². The zero-order valence-electron chi connectivity index (χ0n) is 16.1. The summed E-state index contributed by atoms with van der Waals surface area (Å²) in [6.45, 7) is 1.51. The van der Waals surface area contributed by atoms with E-state index in [2.05, 4.69) is 15.4 Å². The minimum atomic E-state index is -0.985. The van der Waals surface area contributed by atoms with E-state index in [1.165, 1.54) is 24.5 Å². The molecule has 1 unspecified atom stereocenters. The molecule has 0 bridgehead atoms. The summed E-state index contributed by atoms with van der Waals surface area (Å²) in [6, 6.07) is 19.1. The maximum Gasteiger partial charge on any atom is 0.342 e. The highest BCUT2D eigenvalue weighted by atomic mass is 32.1. The third-order valence-corrected chi connectivity index (χ3v) is 5.05. The molecule has 1 amide bonds. The number of ether oxygens (including phenoxy) is 1. The lowest BCUT2D eigenvalue weighted by Crippen LogP contribution is -2.29. The van der Waals surface area contributed by atoms with Crippen molar-refractivity contribution in [3.63, 3.8) is 0 Å². The molecule has 4 aromatic rings. The first-order valence-electron chi connectivity index (χ1n) is 9.23. The summed E-state index contributed by atoms with van der Waals surface area (Å²) in [5.74, 6) is -1.07. The zero-order chi connectivity index (χ0) is 20.9. The zero-order valence-corrected chi connectivity index (χ0v) is 16.9. The SMILES string of the molecule is CC(OC(=O)c1cnn(-c2ccccc2)c1)C(=O)Nc1nc(-c2ccccc2)cs1. The Labute approximate surface area is 177 Å². The Hall–Kier alpha value is -3.78. The molecule has 0 spiro atoms. The lowest BCUT2D eigenvalue weighted by atomic mass is 10.2. The van der Waals surface area contributed by atoms with Gasteiger partial charge in [-0.1, -0.05) is 48.5 Å². The van der Waals surface area contributed by atoms with Crippen LogP contribution in [0.5, 0.6) is 0 Å². The molecule has 0 saturated carbocycles. The lowest BCUT2D eigenvalue weighted by molar-refractivity contribution is -0.123. The fourth-order valence-corrected chi connectivity index (χ4v) is 3.43. The second-order valence-corrected chi connectivity index (χ2v) is 7.31. The van der Waals surface area contributed by atoms with Gasteiger partial charge >= 0.3 is 5.97 Å². The van der Waals surface area contributed by atoms with E-state index in [1.807, 2.05) is 66.0 Å². The van der Waals surface area contributed by atoms with E-state index in [4.69, 9.17) is 4.74 Å². The number of para-hydroxylation sites is 1. The number of carbonyl (C=O) groups excluding carboxylic acids is 2. The second-order valence-electron chi connectivity index (χ2n) is 6.45. The molecule has 150 valence electrons. The number of thiazole rings is 1. The number of aromatic nitrogens is 3. The van der Waals surface area contributed by atoms with E-state index in [0.29, 0.717) is 5.13 Å². The average Bonchev–Trinajstić information content (AvgIpc) is 3.45. The molecular formula is C22H18N4O3S. The van der Waals surface area contributed by atoms with Crippen LogP contribution in [0, 0.1) is 0 Å². The van der Waals surface area contributed by atoms with Gasteiger partial charge in [-0.05, 0) is 19.1 Å². The summed E-state index contributed by atoms with van der Waals surface area (Å²) in [7, 11) is 0. The molecule has 30 heavy (non-hydrogen) atoms. The third-order valence-electron chi connectivity index (χ3n) is 4.30. The van der Waals surface area contributed by atoms with Gasteiger partial charge in [-0.3, -0.25) is 10.1 Å². The number of anilines is 1. The van der Waals surface area contributed by atoms with Crippen molar-refractivity contribution in [1.82, 2.24) is 14.8 Å².